The van der Waals surface area contributed by atoms with Crippen molar-refractivity contribution >= 4 is 17.5 Å². The van der Waals surface area contributed by atoms with Crippen molar-refractivity contribution < 1.29 is 10.1 Å². The van der Waals surface area contributed by atoms with Gasteiger partial charge >= 0.3 is 0 Å². The Morgan fingerprint density at radius 1 is 1.39 bits per heavy atom. The van der Waals surface area contributed by atoms with E-state index in [1.807, 2.05) is 31.2 Å². The van der Waals surface area contributed by atoms with Crippen LogP contribution in [-0.2, 0) is 4.79 Å². The van der Waals surface area contributed by atoms with Crippen LogP contribution in [0.25, 0.3) is 0 Å². The lowest BCUT2D eigenvalue weighted by Crippen LogP contribution is -2.92. The Hall–Kier alpha value is -1.06. The molecule has 1 aliphatic rings. The zero-order chi connectivity index (χ0) is 13.1. The molecule has 3 N–H and O–H groups in total. The topological polar surface area (TPSA) is 45.7 Å². The van der Waals surface area contributed by atoms with E-state index in [4.69, 9.17) is 11.6 Å². The first-order valence-electron chi connectivity index (χ1n) is 6.47. The van der Waals surface area contributed by atoms with Gasteiger partial charge in [0, 0.05) is 16.6 Å². The lowest BCUT2D eigenvalue weighted by atomic mass is 10.1. The van der Waals surface area contributed by atoms with E-state index in [2.05, 4.69) is 17.6 Å². The second-order valence-corrected chi connectivity index (χ2v) is 5.48. The van der Waals surface area contributed by atoms with Crippen LogP contribution in [0.15, 0.2) is 24.3 Å². The largest absolute Gasteiger partial charge is 0.348 e. The third-order valence-electron chi connectivity index (χ3n) is 3.31. The fraction of sp³-hybridized carbons (Fsp3) is 0.500. The number of quaternary nitrogens is 1. The fourth-order valence-corrected chi connectivity index (χ4v) is 2.34. The van der Waals surface area contributed by atoms with Crippen LogP contribution in [0.1, 0.15) is 38.3 Å². The summed E-state index contributed by atoms with van der Waals surface area (Å²) in [5, 5.41) is 5.84. The summed E-state index contributed by atoms with van der Waals surface area (Å²) in [5.74, 6) is 0.122. The molecule has 1 aromatic rings. The van der Waals surface area contributed by atoms with Crippen molar-refractivity contribution in [1.29, 1.82) is 0 Å². The number of nitrogens with two attached hydrogens (primary N) is 1. The molecule has 1 saturated carbocycles. The van der Waals surface area contributed by atoms with Crippen LogP contribution in [0.3, 0.4) is 0 Å². The highest BCUT2D eigenvalue weighted by molar-refractivity contribution is 6.31. The average Bonchev–Trinajstić information content (AvgIpc) is 3.13. The summed E-state index contributed by atoms with van der Waals surface area (Å²) in [4.78, 5) is 11.9. The molecule has 98 valence electrons. The molecule has 0 bridgehead atoms. The Morgan fingerprint density at radius 3 is 2.67 bits per heavy atom. The van der Waals surface area contributed by atoms with Gasteiger partial charge in [-0.15, -0.1) is 0 Å². The second-order valence-electron chi connectivity index (χ2n) is 5.07. The molecule has 1 aliphatic carbocycles. The Morgan fingerprint density at radius 2 is 2.06 bits per heavy atom. The Labute approximate surface area is 113 Å². The number of hydrogen-bond donors (Lipinski definition) is 2. The van der Waals surface area contributed by atoms with Crippen molar-refractivity contribution in [3.8, 4) is 0 Å². The summed E-state index contributed by atoms with van der Waals surface area (Å²) in [5.41, 5.74) is 1.07. The number of nitrogens with one attached hydrogen (secondary N) is 1. The highest BCUT2D eigenvalue weighted by atomic mass is 35.5. The molecule has 0 saturated heterocycles. The number of halogens is 1. The summed E-state index contributed by atoms with van der Waals surface area (Å²) >= 11 is 6.16. The lowest BCUT2D eigenvalue weighted by Gasteiger charge is -2.17. The highest BCUT2D eigenvalue weighted by Gasteiger charge is 2.28. The number of carbonyl (C=O) groups is 1. The predicted molar refractivity (Wildman–Crippen MR) is 72.4 cm³/mol. The Balaban J connectivity index is 1.91. The zero-order valence-electron chi connectivity index (χ0n) is 10.8. The van der Waals surface area contributed by atoms with Gasteiger partial charge in [0.05, 0.1) is 0 Å². The van der Waals surface area contributed by atoms with E-state index in [-0.39, 0.29) is 18.0 Å². The molecule has 0 unspecified atom stereocenters. The quantitative estimate of drug-likeness (QED) is 0.837. The van der Waals surface area contributed by atoms with Gasteiger partial charge in [0.2, 0.25) is 0 Å². The number of carbonyl (C=O) groups excluding carboxylic acids is 1. The van der Waals surface area contributed by atoms with Crippen molar-refractivity contribution in [3.05, 3.63) is 34.9 Å². The molecule has 0 spiro atoms. The van der Waals surface area contributed by atoms with Crippen LogP contribution in [-0.4, -0.2) is 18.0 Å². The highest BCUT2D eigenvalue weighted by Crippen LogP contribution is 2.20. The molecule has 1 fully saturated rings. The maximum absolute atomic E-state index is 11.9. The zero-order valence-corrected chi connectivity index (χ0v) is 11.6. The van der Waals surface area contributed by atoms with Crippen LogP contribution in [0.5, 0.6) is 0 Å². The van der Waals surface area contributed by atoms with E-state index in [9.17, 15) is 4.79 Å². The van der Waals surface area contributed by atoms with Gasteiger partial charge in [0.15, 0.2) is 6.04 Å². The van der Waals surface area contributed by atoms with E-state index in [1.165, 1.54) is 0 Å². The van der Waals surface area contributed by atoms with Crippen molar-refractivity contribution in [2.24, 2.45) is 0 Å². The molecular weight excluding hydrogens is 248 g/mol. The third-order valence-corrected chi connectivity index (χ3v) is 3.65. The van der Waals surface area contributed by atoms with Crippen LogP contribution < -0.4 is 10.6 Å². The fourth-order valence-electron chi connectivity index (χ4n) is 2.03. The Kier molecular flexibility index (Phi) is 4.25. The first kappa shape index (κ1) is 13.4. The van der Waals surface area contributed by atoms with E-state index in [1.54, 1.807) is 0 Å². The number of benzene rings is 1. The minimum atomic E-state index is -0.0862. The first-order valence-corrected chi connectivity index (χ1v) is 6.85. The predicted octanol–water partition coefficient (Wildman–Crippen LogP) is 1.63. The summed E-state index contributed by atoms with van der Waals surface area (Å²) in [6, 6.07) is 8.30. The van der Waals surface area contributed by atoms with Crippen molar-refractivity contribution in [2.75, 3.05) is 0 Å². The van der Waals surface area contributed by atoms with Gasteiger partial charge in [-0.3, -0.25) is 4.79 Å². The molecule has 0 aromatic heterocycles. The van der Waals surface area contributed by atoms with Crippen LogP contribution in [0.2, 0.25) is 5.02 Å². The molecule has 1 amide bonds. The molecule has 0 radical (unpaired) electrons. The molecule has 0 aliphatic heterocycles. The van der Waals surface area contributed by atoms with Gasteiger partial charge in [-0.1, -0.05) is 29.8 Å². The smallest absolute Gasteiger partial charge is 0.278 e. The van der Waals surface area contributed by atoms with Gasteiger partial charge in [-0.2, -0.15) is 0 Å². The summed E-state index contributed by atoms with van der Waals surface area (Å²) in [6.45, 7) is 4.01. The minimum absolute atomic E-state index is 0.0862. The van der Waals surface area contributed by atoms with E-state index < -0.39 is 0 Å². The maximum atomic E-state index is 11.9. The molecule has 3 nitrogen and oxygen atoms in total. The number of rotatable bonds is 5. The standard InChI is InChI=1S/C14H19ClN2O/c1-9(12-5-3-4-6-13(12)15)16-10(2)14(18)17-11-7-8-11/h3-6,9-11,16H,7-8H2,1-2H3,(H,17,18)/p+1/t9-,10-/m1/s1. The second kappa shape index (κ2) is 5.72. The number of hydrogen-bond acceptors (Lipinski definition) is 1. The third kappa shape index (κ3) is 3.47. The van der Waals surface area contributed by atoms with Gasteiger partial charge in [0.1, 0.15) is 6.04 Å². The van der Waals surface area contributed by atoms with Crippen LogP contribution >= 0.6 is 11.6 Å². The maximum Gasteiger partial charge on any atom is 0.278 e. The average molecular weight is 268 g/mol. The molecule has 4 heteroatoms. The summed E-state index contributed by atoms with van der Waals surface area (Å²) < 4.78 is 0. The van der Waals surface area contributed by atoms with Gasteiger partial charge in [-0.25, -0.2) is 0 Å². The van der Waals surface area contributed by atoms with Gasteiger partial charge < -0.3 is 10.6 Å². The van der Waals surface area contributed by atoms with Crippen molar-refractivity contribution in [2.45, 2.75) is 44.8 Å². The Bertz CT molecular complexity index is 432. The molecule has 2 atom stereocenters. The molecule has 0 heterocycles. The SMILES string of the molecule is C[C@@H]([NH2+][C@H](C)c1ccccc1Cl)C(=O)NC1CC1. The molecule has 2 rings (SSSR count). The lowest BCUT2D eigenvalue weighted by molar-refractivity contribution is -0.710. The van der Waals surface area contributed by atoms with Gasteiger partial charge in [0.25, 0.3) is 5.91 Å². The molecular formula is C14H20ClN2O+. The van der Waals surface area contributed by atoms with Crippen LogP contribution in [0.4, 0.5) is 0 Å². The monoisotopic (exact) mass is 267 g/mol. The van der Waals surface area contributed by atoms with Crippen LogP contribution in [0, 0.1) is 0 Å². The van der Waals surface area contributed by atoms with E-state index in [0.29, 0.717) is 6.04 Å². The molecule has 1 aromatic carbocycles. The summed E-state index contributed by atoms with van der Waals surface area (Å²) in [7, 11) is 0. The van der Waals surface area contributed by atoms with E-state index >= 15 is 0 Å². The number of amides is 1. The van der Waals surface area contributed by atoms with E-state index in [0.717, 1.165) is 23.4 Å². The van der Waals surface area contributed by atoms with Gasteiger partial charge in [-0.05, 0) is 32.8 Å². The first-order chi connectivity index (χ1) is 8.58. The molecule has 18 heavy (non-hydrogen) atoms. The summed E-state index contributed by atoms with van der Waals surface area (Å²) in [6.07, 6.45) is 2.25. The van der Waals surface area contributed by atoms with Crippen molar-refractivity contribution in [1.82, 2.24) is 5.32 Å². The normalized spacial score (nSPS) is 18.2. The minimum Gasteiger partial charge on any atom is -0.348 e. The van der Waals surface area contributed by atoms with Crippen molar-refractivity contribution in [3.63, 3.8) is 0 Å².